The molecule has 0 aromatic heterocycles. The van der Waals surface area contributed by atoms with Crippen molar-refractivity contribution in [1.29, 1.82) is 0 Å². The van der Waals surface area contributed by atoms with Crippen LogP contribution in [0, 0.1) is 6.92 Å². The van der Waals surface area contributed by atoms with Gasteiger partial charge in [0.25, 0.3) is 0 Å². The number of methoxy groups -OCH3 is 2. The zero-order valence-corrected chi connectivity index (χ0v) is 16.5. The SMILES string of the molecule is COc1cc2c(cc1OC)/C(=C/C(=O)Nc1ccc(C)cc1)NC(C)(C)C2. The molecule has 0 unspecified atom stereocenters. The van der Waals surface area contributed by atoms with E-state index in [1.165, 1.54) is 0 Å². The molecular weight excluding hydrogens is 340 g/mol. The van der Waals surface area contributed by atoms with Crippen LogP contribution in [0.5, 0.6) is 11.5 Å². The Balaban J connectivity index is 1.96. The number of anilines is 1. The molecule has 3 rings (SSSR count). The van der Waals surface area contributed by atoms with Gasteiger partial charge in [-0.1, -0.05) is 17.7 Å². The van der Waals surface area contributed by atoms with Gasteiger partial charge in [0.15, 0.2) is 11.5 Å². The van der Waals surface area contributed by atoms with E-state index in [0.29, 0.717) is 11.5 Å². The van der Waals surface area contributed by atoms with E-state index in [1.807, 2.05) is 43.3 Å². The minimum Gasteiger partial charge on any atom is -0.493 e. The zero-order chi connectivity index (χ0) is 19.6. The summed E-state index contributed by atoms with van der Waals surface area (Å²) in [5.74, 6) is 1.15. The molecular formula is C22H26N2O3. The number of nitrogens with one attached hydrogen (secondary N) is 2. The second-order valence-electron chi connectivity index (χ2n) is 7.46. The Labute approximate surface area is 160 Å². The Morgan fingerprint density at radius 3 is 2.37 bits per heavy atom. The van der Waals surface area contributed by atoms with Crippen molar-refractivity contribution in [2.45, 2.75) is 32.7 Å². The highest BCUT2D eigenvalue weighted by Crippen LogP contribution is 2.37. The Bertz CT molecular complexity index is 883. The second-order valence-corrected chi connectivity index (χ2v) is 7.46. The average molecular weight is 366 g/mol. The summed E-state index contributed by atoms with van der Waals surface area (Å²) in [7, 11) is 3.24. The van der Waals surface area contributed by atoms with Crippen LogP contribution in [-0.4, -0.2) is 25.7 Å². The van der Waals surface area contributed by atoms with Gasteiger partial charge in [-0.15, -0.1) is 0 Å². The van der Waals surface area contributed by atoms with Gasteiger partial charge in [-0.25, -0.2) is 0 Å². The second kappa shape index (κ2) is 7.35. The number of amides is 1. The molecule has 1 aliphatic heterocycles. The molecule has 0 aliphatic carbocycles. The third-order valence-electron chi connectivity index (χ3n) is 4.60. The Kier molecular flexibility index (Phi) is 5.13. The lowest BCUT2D eigenvalue weighted by Crippen LogP contribution is -2.44. The highest BCUT2D eigenvalue weighted by molar-refractivity contribution is 6.04. The minimum absolute atomic E-state index is 0.178. The van der Waals surface area contributed by atoms with E-state index in [-0.39, 0.29) is 11.4 Å². The van der Waals surface area contributed by atoms with Gasteiger partial charge in [0.2, 0.25) is 5.91 Å². The van der Waals surface area contributed by atoms with Crippen LogP contribution in [0.15, 0.2) is 42.5 Å². The molecule has 0 atom stereocenters. The number of aryl methyl sites for hydroxylation is 1. The number of rotatable bonds is 4. The number of benzene rings is 2. The Hall–Kier alpha value is -2.95. The molecule has 0 spiro atoms. The van der Waals surface area contributed by atoms with E-state index in [0.717, 1.165) is 34.5 Å². The van der Waals surface area contributed by atoms with Gasteiger partial charge in [0, 0.05) is 28.6 Å². The van der Waals surface area contributed by atoms with Crippen LogP contribution < -0.4 is 20.1 Å². The van der Waals surface area contributed by atoms with E-state index < -0.39 is 0 Å². The molecule has 2 aromatic rings. The molecule has 27 heavy (non-hydrogen) atoms. The van der Waals surface area contributed by atoms with Crippen molar-refractivity contribution in [1.82, 2.24) is 5.32 Å². The molecule has 2 N–H and O–H groups in total. The third-order valence-corrected chi connectivity index (χ3v) is 4.60. The third kappa shape index (κ3) is 4.25. The van der Waals surface area contributed by atoms with Gasteiger partial charge < -0.3 is 20.1 Å². The standard InChI is InChI=1S/C22H26N2O3/c1-14-6-8-16(9-7-14)23-21(25)12-18-17-11-20(27-5)19(26-4)10-15(17)13-22(2,3)24-18/h6-12,24H,13H2,1-5H3,(H,23,25)/b18-12-. The first-order valence-corrected chi connectivity index (χ1v) is 8.94. The summed E-state index contributed by atoms with van der Waals surface area (Å²) < 4.78 is 10.9. The highest BCUT2D eigenvalue weighted by Gasteiger charge is 2.29. The van der Waals surface area contributed by atoms with Crippen molar-refractivity contribution in [3.63, 3.8) is 0 Å². The maximum absolute atomic E-state index is 12.6. The van der Waals surface area contributed by atoms with Gasteiger partial charge in [-0.3, -0.25) is 4.79 Å². The van der Waals surface area contributed by atoms with Crippen molar-refractivity contribution < 1.29 is 14.3 Å². The predicted octanol–water partition coefficient (Wildman–Crippen LogP) is 3.92. The van der Waals surface area contributed by atoms with Crippen LogP contribution in [-0.2, 0) is 11.2 Å². The molecule has 0 saturated heterocycles. The fraction of sp³-hybridized carbons (Fsp3) is 0.318. The molecule has 0 fully saturated rings. The summed E-state index contributed by atoms with van der Waals surface area (Å²) in [6.07, 6.45) is 2.42. The summed E-state index contributed by atoms with van der Waals surface area (Å²) in [4.78, 5) is 12.6. The van der Waals surface area contributed by atoms with E-state index in [2.05, 4.69) is 24.5 Å². The lowest BCUT2D eigenvalue weighted by Gasteiger charge is -2.36. The van der Waals surface area contributed by atoms with Crippen molar-refractivity contribution in [3.05, 3.63) is 59.2 Å². The molecule has 0 bridgehead atoms. The van der Waals surface area contributed by atoms with E-state index in [9.17, 15) is 4.79 Å². The first-order valence-electron chi connectivity index (χ1n) is 8.94. The fourth-order valence-corrected chi connectivity index (χ4v) is 3.33. The molecule has 1 aliphatic rings. The van der Waals surface area contributed by atoms with E-state index in [1.54, 1.807) is 20.3 Å². The number of carbonyl (C=O) groups excluding carboxylic acids is 1. The summed E-state index contributed by atoms with van der Waals surface area (Å²) in [5, 5.41) is 6.38. The first kappa shape index (κ1) is 18.8. The van der Waals surface area contributed by atoms with Gasteiger partial charge in [0.05, 0.1) is 14.2 Å². The van der Waals surface area contributed by atoms with Crippen molar-refractivity contribution in [2.75, 3.05) is 19.5 Å². The predicted molar refractivity (Wildman–Crippen MR) is 108 cm³/mol. The van der Waals surface area contributed by atoms with Crippen LogP contribution in [0.3, 0.4) is 0 Å². The fourth-order valence-electron chi connectivity index (χ4n) is 3.33. The molecule has 0 saturated carbocycles. The molecule has 5 heteroatoms. The summed E-state index contributed by atoms with van der Waals surface area (Å²) in [5.41, 5.74) is 4.58. The lowest BCUT2D eigenvalue weighted by atomic mass is 9.85. The maximum Gasteiger partial charge on any atom is 0.250 e. The summed E-state index contributed by atoms with van der Waals surface area (Å²) >= 11 is 0. The molecule has 0 radical (unpaired) electrons. The van der Waals surface area contributed by atoms with Gasteiger partial charge >= 0.3 is 0 Å². The average Bonchev–Trinajstić information content (AvgIpc) is 2.61. The first-order chi connectivity index (χ1) is 12.8. The Morgan fingerprint density at radius 2 is 1.74 bits per heavy atom. The Morgan fingerprint density at radius 1 is 1.11 bits per heavy atom. The molecule has 142 valence electrons. The number of carbonyl (C=O) groups is 1. The van der Waals surface area contributed by atoms with Crippen LogP contribution >= 0.6 is 0 Å². The summed E-state index contributed by atoms with van der Waals surface area (Å²) in [6.45, 7) is 6.23. The minimum atomic E-state index is -0.181. The zero-order valence-electron chi connectivity index (χ0n) is 16.5. The normalized spacial score (nSPS) is 16.3. The number of ether oxygens (including phenoxy) is 2. The molecule has 5 nitrogen and oxygen atoms in total. The molecule has 2 aromatic carbocycles. The molecule has 1 heterocycles. The molecule has 1 amide bonds. The van der Waals surface area contributed by atoms with Crippen molar-refractivity contribution in [2.24, 2.45) is 0 Å². The van der Waals surface area contributed by atoms with Crippen molar-refractivity contribution in [3.8, 4) is 11.5 Å². The van der Waals surface area contributed by atoms with Crippen LogP contribution in [0.2, 0.25) is 0 Å². The van der Waals surface area contributed by atoms with E-state index in [4.69, 9.17) is 9.47 Å². The summed E-state index contributed by atoms with van der Waals surface area (Å²) in [6, 6.07) is 11.6. The van der Waals surface area contributed by atoms with Gasteiger partial charge in [-0.05, 0) is 57.0 Å². The van der Waals surface area contributed by atoms with Crippen LogP contribution in [0.25, 0.3) is 5.70 Å². The maximum atomic E-state index is 12.6. The van der Waals surface area contributed by atoms with Crippen molar-refractivity contribution >= 4 is 17.3 Å². The largest absolute Gasteiger partial charge is 0.493 e. The smallest absolute Gasteiger partial charge is 0.250 e. The van der Waals surface area contributed by atoms with Gasteiger partial charge in [0.1, 0.15) is 0 Å². The van der Waals surface area contributed by atoms with Gasteiger partial charge in [-0.2, -0.15) is 0 Å². The number of hydrogen-bond donors (Lipinski definition) is 2. The van der Waals surface area contributed by atoms with E-state index >= 15 is 0 Å². The van der Waals surface area contributed by atoms with Crippen LogP contribution in [0.4, 0.5) is 5.69 Å². The quantitative estimate of drug-likeness (QED) is 0.806. The highest BCUT2D eigenvalue weighted by atomic mass is 16.5. The number of fused-ring (bicyclic) bond motifs is 1. The lowest BCUT2D eigenvalue weighted by molar-refractivity contribution is -0.111. The topological polar surface area (TPSA) is 59.6 Å². The number of hydrogen-bond acceptors (Lipinski definition) is 4. The van der Waals surface area contributed by atoms with Crippen LogP contribution in [0.1, 0.15) is 30.5 Å². The monoisotopic (exact) mass is 366 g/mol.